The van der Waals surface area contributed by atoms with Gasteiger partial charge < -0.3 is 14.8 Å². The molecule has 1 aliphatic rings. The molecule has 0 bridgehead atoms. The Balaban J connectivity index is 1.30. The maximum Gasteiger partial charge on any atom is 0.237 e. The standard InChI is InChI=1S/C25H26N2O3/c1-17(20-9-11-22(12-10-20)21-6-4-3-5-7-21)27-18(2)25(28)26-15-19-8-13-23-24(14-19)30-16-29-23/h3-14,17-18,27H,15-16H2,1-2H3,(H,26,28)/t17-,18+/m0/s1. The summed E-state index contributed by atoms with van der Waals surface area (Å²) >= 11 is 0. The number of rotatable bonds is 7. The molecule has 2 atom stereocenters. The van der Waals surface area contributed by atoms with E-state index in [1.165, 1.54) is 11.1 Å². The molecule has 0 saturated carbocycles. The Labute approximate surface area is 177 Å². The fourth-order valence-corrected chi connectivity index (χ4v) is 3.53. The van der Waals surface area contributed by atoms with Crippen LogP contribution in [-0.4, -0.2) is 18.7 Å². The highest BCUT2D eigenvalue weighted by Crippen LogP contribution is 2.32. The minimum Gasteiger partial charge on any atom is -0.454 e. The fourth-order valence-electron chi connectivity index (χ4n) is 3.53. The van der Waals surface area contributed by atoms with Gasteiger partial charge in [0.15, 0.2) is 11.5 Å². The smallest absolute Gasteiger partial charge is 0.237 e. The van der Waals surface area contributed by atoms with Crippen molar-refractivity contribution in [1.82, 2.24) is 10.6 Å². The van der Waals surface area contributed by atoms with Crippen LogP contribution in [0.25, 0.3) is 11.1 Å². The average Bonchev–Trinajstić information content (AvgIpc) is 3.26. The Morgan fingerprint density at radius 1 is 0.900 bits per heavy atom. The van der Waals surface area contributed by atoms with Crippen LogP contribution >= 0.6 is 0 Å². The van der Waals surface area contributed by atoms with Gasteiger partial charge in [0.2, 0.25) is 12.7 Å². The third kappa shape index (κ3) is 4.63. The van der Waals surface area contributed by atoms with E-state index in [1.54, 1.807) is 0 Å². The van der Waals surface area contributed by atoms with Gasteiger partial charge in [0.25, 0.3) is 0 Å². The lowest BCUT2D eigenvalue weighted by Gasteiger charge is -2.20. The van der Waals surface area contributed by atoms with Gasteiger partial charge in [-0.15, -0.1) is 0 Å². The van der Waals surface area contributed by atoms with Gasteiger partial charge in [0.1, 0.15) is 0 Å². The first-order valence-electron chi connectivity index (χ1n) is 10.2. The number of ether oxygens (including phenoxy) is 2. The first-order chi connectivity index (χ1) is 14.6. The molecule has 1 heterocycles. The lowest BCUT2D eigenvalue weighted by atomic mass is 10.0. The van der Waals surface area contributed by atoms with E-state index < -0.39 is 0 Å². The van der Waals surface area contributed by atoms with Gasteiger partial charge in [-0.05, 0) is 48.2 Å². The van der Waals surface area contributed by atoms with Crippen molar-refractivity contribution >= 4 is 5.91 Å². The van der Waals surface area contributed by atoms with Crippen LogP contribution in [0.3, 0.4) is 0 Å². The second-order valence-corrected chi connectivity index (χ2v) is 7.50. The number of carbonyl (C=O) groups is 1. The minimum absolute atomic E-state index is 0.0413. The van der Waals surface area contributed by atoms with Gasteiger partial charge in [0, 0.05) is 12.6 Å². The second kappa shape index (κ2) is 9.01. The molecular formula is C25H26N2O3. The molecular weight excluding hydrogens is 376 g/mol. The number of carbonyl (C=O) groups excluding carboxylic acids is 1. The number of benzene rings is 3. The van der Waals surface area contributed by atoms with Crippen LogP contribution in [-0.2, 0) is 11.3 Å². The van der Waals surface area contributed by atoms with E-state index in [0.29, 0.717) is 6.54 Å². The van der Waals surface area contributed by atoms with Gasteiger partial charge in [-0.1, -0.05) is 60.7 Å². The molecule has 2 N–H and O–H groups in total. The van der Waals surface area contributed by atoms with Crippen LogP contribution in [0.5, 0.6) is 11.5 Å². The average molecular weight is 402 g/mol. The molecule has 0 saturated heterocycles. The van der Waals surface area contributed by atoms with Crippen LogP contribution in [0.15, 0.2) is 72.8 Å². The molecule has 0 aromatic heterocycles. The molecule has 0 radical (unpaired) electrons. The molecule has 30 heavy (non-hydrogen) atoms. The third-order valence-corrected chi connectivity index (χ3v) is 5.31. The Kier molecular flexibility index (Phi) is 6.00. The van der Waals surface area contributed by atoms with Gasteiger partial charge in [0.05, 0.1) is 6.04 Å². The van der Waals surface area contributed by atoms with E-state index in [9.17, 15) is 4.79 Å². The van der Waals surface area contributed by atoms with Gasteiger partial charge in [-0.3, -0.25) is 10.1 Å². The molecule has 0 fully saturated rings. The van der Waals surface area contributed by atoms with Crippen molar-refractivity contribution in [3.05, 3.63) is 83.9 Å². The summed E-state index contributed by atoms with van der Waals surface area (Å²) in [5.74, 6) is 1.42. The first kappa shape index (κ1) is 20.0. The van der Waals surface area contributed by atoms with Crippen molar-refractivity contribution < 1.29 is 14.3 Å². The van der Waals surface area contributed by atoms with E-state index in [1.807, 2.05) is 43.3 Å². The molecule has 5 nitrogen and oxygen atoms in total. The molecule has 3 aromatic rings. The fraction of sp³-hybridized carbons (Fsp3) is 0.240. The zero-order valence-corrected chi connectivity index (χ0v) is 17.2. The van der Waals surface area contributed by atoms with Crippen molar-refractivity contribution in [2.45, 2.75) is 32.5 Å². The summed E-state index contributed by atoms with van der Waals surface area (Å²) in [4.78, 5) is 12.5. The molecule has 0 aliphatic carbocycles. The van der Waals surface area contributed by atoms with E-state index in [0.717, 1.165) is 22.6 Å². The molecule has 5 heteroatoms. The Bertz CT molecular complexity index is 1000. The Hall–Kier alpha value is -3.31. The zero-order valence-electron chi connectivity index (χ0n) is 17.2. The van der Waals surface area contributed by atoms with Gasteiger partial charge in [-0.2, -0.15) is 0 Å². The van der Waals surface area contributed by atoms with Crippen LogP contribution in [0.2, 0.25) is 0 Å². The van der Waals surface area contributed by atoms with Gasteiger partial charge in [-0.25, -0.2) is 0 Å². The van der Waals surface area contributed by atoms with E-state index in [2.05, 4.69) is 54.0 Å². The molecule has 1 amide bonds. The van der Waals surface area contributed by atoms with Crippen molar-refractivity contribution in [1.29, 1.82) is 0 Å². The van der Waals surface area contributed by atoms with Crippen molar-refractivity contribution in [2.24, 2.45) is 0 Å². The summed E-state index contributed by atoms with van der Waals surface area (Å²) in [5, 5.41) is 6.36. The molecule has 0 unspecified atom stereocenters. The van der Waals surface area contributed by atoms with Crippen LogP contribution in [0, 0.1) is 0 Å². The van der Waals surface area contributed by atoms with E-state index in [4.69, 9.17) is 9.47 Å². The normalized spacial score (nSPS) is 14.2. The van der Waals surface area contributed by atoms with Crippen LogP contribution in [0.4, 0.5) is 0 Å². The third-order valence-electron chi connectivity index (χ3n) is 5.31. The highest BCUT2D eigenvalue weighted by molar-refractivity contribution is 5.81. The Morgan fingerprint density at radius 3 is 2.37 bits per heavy atom. The van der Waals surface area contributed by atoms with E-state index >= 15 is 0 Å². The molecule has 4 rings (SSSR count). The number of amides is 1. The van der Waals surface area contributed by atoms with Crippen molar-refractivity contribution in [3.63, 3.8) is 0 Å². The summed E-state index contributed by atoms with van der Waals surface area (Å²) in [7, 11) is 0. The number of hydrogen-bond donors (Lipinski definition) is 2. The summed E-state index contributed by atoms with van der Waals surface area (Å²) in [6.45, 7) is 4.64. The van der Waals surface area contributed by atoms with Crippen molar-refractivity contribution in [3.8, 4) is 22.6 Å². The predicted octanol–water partition coefficient (Wildman–Crippen LogP) is 4.44. The Morgan fingerprint density at radius 2 is 1.60 bits per heavy atom. The largest absolute Gasteiger partial charge is 0.454 e. The quantitative estimate of drug-likeness (QED) is 0.614. The number of fused-ring (bicyclic) bond motifs is 1. The molecule has 1 aliphatic heterocycles. The highest BCUT2D eigenvalue weighted by Gasteiger charge is 2.17. The van der Waals surface area contributed by atoms with Crippen LogP contribution in [0.1, 0.15) is 31.0 Å². The molecule has 3 aromatic carbocycles. The van der Waals surface area contributed by atoms with Crippen molar-refractivity contribution in [2.75, 3.05) is 6.79 Å². The summed E-state index contributed by atoms with van der Waals surface area (Å²) < 4.78 is 10.7. The predicted molar refractivity (Wildman–Crippen MR) is 117 cm³/mol. The van der Waals surface area contributed by atoms with Crippen LogP contribution < -0.4 is 20.1 Å². The monoisotopic (exact) mass is 402 g/mol. The summed E-state index contributed by atoms with van der Waals surface area (Å²) in [5.41, 5.74) is 4.50. The lowest BCUT2D eigenvalue weighted by molar-refractivity contribution is -0.123. The summed E-state index contributed by atoms with van der Waals surface area (Å²) in [6, 6.07) is 24.2. The summed E-state index contributed by atoms with van der Waals surface area (Å²) in [6.07, 6.45) is 0. The molecule has 0 spiro atoms. The maximum absolute atomic E-state index is 12.5. The maximum atomic E-state index is 12.5. The zero-order chi connectivity index (χ0) is 20.9. The highest BCUT2D eigenvalue weighted by atomic mass is 16.7. The van der Waals surface area contributed by atoms with E-state index in [-0.39, 0.29) is 24.8 Å². The lowest BCUT2D eigenvalue weighted by Crippen LogP contribution is -2.42. The number of nitrogens with one attached hydrogen (secondary N) is 2. The minimum atomic E-state index is -0.317. The van der Waals surface area contributed by atoms with Gasteiger partial charge >= 0.3 is 0 Å². The second-order valence-electron chi connectivity index (χ2n) is 7.50. The topological polar surface area (TPSA) is 59.6 Å². The SMILES string of the molecule is C[C@H](N[C@H](C)C(=O)NCc1ccc2c(c1)OCO2)c1ccc(-c2ccccc2)cc1. The molecule has 154 valence electrons. The first-order valence-corrected chi connectivity index (χ1v) is 10.2. The number of hydrogen-bond acceptors (Lipinski definition) is 4.